The molecule has 1 N–H and O–H groups in total. The molecule has 1 saturated heterocycles. The number of fused-ring (bicyclic) bond motifs is 1. The molecule has 11 heteroatoms. The van der Waals surface area contributed by atoms with Crippen molar-refractivity contribution in [3.8, 4) is 0 Å². The number of thioether (sulfide) groups is 1. The average Bonchev–Trinajstić information content (AvgIpc) is 3.00. The first-order chi connectivity index (χ1) is 13.8. The minimum Gasteiger partial charge on any atom is -0.331 e. The van der Waals surface area contributed by atoms with Gasteiger partial charge in [-0.15, -0.1) is 4.40 Å². The third-order valence-corrected chi connectivity index (χ3v) is 6.50. The Hall–Kier alpha value is -2.92. The van der Waals surface area contributed by atoms with Crippen LogP contribution in [0.1, 0.15) is 5.56 Å². The zero-order valence-corrected chi connectivity index (χ0v) is 16.7. The van der Waals surface area contributed by atoms with Crippen LogP contribution in [-0.2, 0) is 26.2 Å². The first-order valence-electron chi connectivity index (χ1n) is 8.68. The number of carbonyl (C=O) groups is 3. The molecular formula is C18H16N4O5S2. The normalized spacial score (nSPS) is 20.3. The number of nitrogens with zero attached hydrogens (tertiary/aromatic N) is 3. The molecule has 0 unspecified atom stereocenters. The van der Waals surface area contributed by atoms with E-state index in [1.165, 1.54) is 11.0 Å². The zero-order chi connectivity index (χ0) is 20.6. The summed E-state index contributed by atoms with van der Waals surface area (Å²) < 4.78 is 27.3. The van der Waals surface area contributed by atoms with E-state index in [0.717, 1.165) is 17.3 Å². The first kappa shape index (κ1) is 19.4. The molecule has 0 aliphatic carbocycles. The van der Waals surface area contributed by atoms with Crippen LogP contribution in [0.25, 0.3) is 0 Å². The number of amides is 3. The van der Waals surface area contributed by atoms with Crippen molar-refractivity contribution >= 4 is 50.4 Å². The number of benzene rings is 1. The lowest BCUT2D eigenvalue weighted by molar-refractivity contribution is -0.125. The minimum absolute atomic E-state index is 0.0995. The van der Waals surface area contributed by atoms with Crippen molar-refractivity contribution in [3.63, 3.8) is 0 Å². The second-order valence-electron chi connectivity index (χ2n) is 6.50. The van der Waals surface area contributed by atoms with Crippen molar-refractivity contribution in [2.24, 2.45) is 4.40 Å². The van der Waals surface area contributed by atoms with E-state index in [9.17, 15) is 22.8 Å². The Bertz CT molecular complexity index is 1070. The largest absolute Gasteiger partial charge is 0.331 e. The molecule has 0 saturated carbocycles. The van der Waals surface area contributed by atoms with Crippen molar-refractivity contribution < 1.29 is 22.8 Å². The summed E-state index contributed by atoms with van der Waals surface area (Å²) >= 11 is 0.980. The number of imide groups is 1. The number of allylic oxidation sites excluding steroid dienone is 2. The van der Waals surface area contributed by atoms with Gasteiger partial charge in [0.1, 0.15) is 0 Å². The van der Waals surface area contributed by atoms with Gasteiger partial charge in [0.15, 0.2) is 5.84 Å². The number of sulfonamides is 1. The summed E-state index contributed by atoms with van der Waals surface area (Å²) in [5.41, 5.74) is 1.40. The van der Waals surface area contributed by atoms with E-state index in [1.54, 1.807) is 41.4 Å². The van der Waals surface area contributed by atoms with Gasteiger partial charge in [0.2, 0.25) is 5.91 Å². The molecule has 3 aliphatic rings. The number of hydrogen-bond donors (Lipinski definition) is 1. The van der Waals surface area contributed by atoms with Crippen molar-refractivity contribution in [3.05, 3.63) is 53.8 Å². The summed E-state index contributed by atoms with van der Waals surface area (Å²) in [6, 6.07) is 6.73. The van der Waals surface area contributed by atoms with Gasteiger partial charge in [-0.3, -0.25) is 19.3 Å². The maximum absolute atomic E-state index is 12.7. The van der Waals surface area contributed by atoms with Gasteiger partial charge in [0.05, 0.1) is 23.6 Å². The van der Waals surface area contributed by atoms with E-state index in [4.69, 9.17) is 0 Å². The molecule has 3 heterocycles. The lowest BCUT2D eigenvalue weighted by atomic mass is 10.1. The van der Waals surface area contributed by atoms with Crippen molar-refractivity contribution in [2.75, 3.05) is 23.4 Å². The molecule has 1 aromatic rings. The number of anilines is 1. The van der Waals surface area contributed by atoms with E-state index in [1.807, 2.05) is 0 Å². The zero-order valence-electron chi connectivity index (χ0n) is 15.1. The summed E-state index contributed by atoms with van der Waals surface area (Å²) in [5.74, 6) is -0.534. The van der Waals surface area contributed by atoms with Gasteiger partial charge in [0.25, 0.3) is 21.2 Å². The molecule has 0 radical (unpaired) electrons. The number of nitrogens with one attached hydrogen (secondary N) is 1. The monoisotopic (exact) mass is 432 g/mol. The van der Waals surface area contributed by atoms with Crippen LogP contribution in [0.5, 0.6) is 0 Å². The Morgan fingerprint density at radius 1 is 1.21 bits per heavy atom. The molecular weight excluding hydrogens is 416 g/mol. The summed E-state index contributed by atoms with van der Waals surface area (Å²) in [5, 5.41) is 2.45. The lowest BCUT2D eigenvalue weighted by Crippen LogP contribution is -2.40. The molecule has 29 heavy (non-hydrogen) atoms. The molecule has 150 valence electrons. The van der Waals surface area contributed by atoms with E-state index >= 15 is 0 Å². The highest BCUT2D eigenvalue weighted by Gasteiger charge is 2.31. The van der Waals surface area contributed by atoms with Crippen LogP contribution < -0.4 is 5.32 Å². The predicted molar refractivity (Wildman–Crippen MR) is 109 cm³/mol. The van der Waals surface area contributed by atoms with Gasteiger partial charge in [-0.2, -0.15) is 0 Å². The molecule has 0 spiro atoms. The van der Waals surface area contributed by atoms with Gasteiger partial charge < -0.3 is 10.2 Å². The average molecular weight is 432 g/mol. The fourth-order valence-corrected chi connectivity index (χ4v) is 4.71. The highest BCUT2D eigenvalue weighted by atomic mass is 32.2. The first-order valence-corrected chi connectivity index (χ1v) is 11.3. The molecule has 1 fully saturated rings. The summed E-state index contributed by atoms with van der Waals surface area (Å²) in [6.45, 7) is 0.418. The number of carbonyl (C=O) groups excluding carboxylic acids is 3. The van der Waals surface area contributed by atoms with Crippen LogP contribution in [0.3, 0.4) is 0 Å². The molecule has 0 atom stereocenters. The molecule has 3 amide bonds. The molecule has 0 bridgehead atoms. The fourth-order valence-electron chi connectivity index (χ4n) is 3.00. The molecule has 1 aromatic carbocycles. The quantitative estimate of drug-likeness (QED) is 0.763. The highest BCUT2D eigenvalue weighted by Crippen LogP contribution is 2.23. The minimum atomic E-state index is -3.59. The lowest BCUT2D eigenvalue weighted by Gasteiger charge is -2.28. The Labute approximate surface area is 171 Å². The van der Waals surface area contributed by atoms with Gasteiger partial charge in [0, 0.05) is 18.4 Å². The molecule has 3 aliphatic heterocycles. The number of rotatable bonds is 4. The van der Waals surface area contributed by atoms with E-state index in [-0.39, 0.29) is 47.2 Å². The molecule has 9 nitrogen and oxygen atoms in total. The fraction of sp³-hybridized carbons (Fsp3) is 0.222. The predicted octanol–water partition coefficient (Wildman–Crippen LogP) is 1.32. The van der Waals surface area contributed by atoms with Crippen LogP contribution in [0, 0.1) is 0 Å². The smallest absolute Gasteiger partial charge is 0.289 e. The topological polar surface area (TPSA) is 116 Å². The van der Waals surface area contributed by atoms with Gasteiger partial charge >= 0.3 is 0 Å². The van der Waals surface area contributed by atoms with E-state index in [2.05, 4.69) is 9.71 Å². The maximum Gasteiger partial charge on any atom is 0.289 e. The number of hydrogen-bond acceptors (Lipinski definition) is 7. The second kappa shape index (κ2) is 7.48. The van der Waals surface area contributed by atoms with Gasteiger partial charge in [-0.25, -0.2) is 8.42 Å². The Balaban J connectivity index is 1.47. The van der Waals surface area contributed by atoms with Crippen molar-refractivity contribution in [1.82, 2.24) is 9.80 Å². The van der Waals surface area contributed by atoms with E-state index in [0.29, 0.717) is 5.69 Å². The third-order valence-electron chi connectivity index (χ3n) is 4.50. The molecule has 0 aromatic heterocycles. The van der Waals surface area contributed by atoms with Crippen LogP contribution in [-0.4, -0.2) is 59.2 Å². The van der Waals surface area contributed by atoms with Crippen molar-refractivity contribution in [2.45, 2.75) is 6.54 Å². The van der Waals surface area contributed by atoms with Crippen LogP contribution in [0.4, 0.5) is 10.5 Å². The SMILES string of the molecule is O=C(Nc1ccc(CN2C(=O)CSC2=O)cc1)C1=CC=CN2CCS(=O)(=O)N=C12. The summed E-state index contributed by atoms with van der Waals surface area (Å²) in [6.07, 6.45) is 4.86. The Morgan fingerprint density at radius 3 is 2.66 bits per heavy atom. The van der Waals surface area contributed by atoms with Crippen LogP contribution >= 0.6 is 11.8 Å². The molecule has 4 rings (SSSR count). The van der Waals surface area contributed by atoms with Crippen LogP contribution in [0.15, 0.2) is 52.6 Å². The Morgan fingerprint density at radius 2 is 1.97 bits per heavy atom. The van der Waals surface area contributed by atoms with Crippen molar-refractivity contribution in [1.29, 1.82) is 0 Å². The van der Waals surface area contributed by atoms with Gasteiger partial charge in [-0.05, 0) is 29.8 Å². The van der Waals surface area contributed by atoms with Crippen LogP contribution in [0.2, 0.25) is 0 Å². The maximum atomic E-state index is 12.7. The Kier molecular flexibility index (Phi) is 5.01. The summed E-state index contributed by atoms with van der Waals surface area (Å²) in [4.78, 5) is 38.9. The number of amidine groups is 1. The highest BCUT2D eigenvalue weighted by molar-refractivity contribution is 8.14. The standard InChI is InChI=1S/C18H16N4O5S2/c23-15-11-28-18(25)22(15)10-12-3-5-13(6-4-12)19-17(24)14-2-1-7-21-8-9-29(26,27)20-16(14)21/h1-7H,8-11H2,(H,19,24). The van der Waals surface area contributed by atoms with E-state index < -0.39 is 15.9 Å². The second-order valence-corrected chi connectivity index (χ2v) is 9.18. The summed E-state index contributed by atoms with van der Waals surface area (Å²) in [7, 11) is -3.59. The third kappa shape index (κ3) is 4.10. The van der Waals surface area contributed by atoms with Gasteiger partial charge in [-0.1, -0.05) is 23.9 Å².